The predicted octanol–water partition coefficient (Wildman–Crippen LogP) is 5.64. The highest BCUT2D eigenvalue weighted by molar-refractivity contribution is 6.30. The van der Waals surface area contributed by atoms with Crippen molar-refractivity contribution >= 4 is 23.2 Å². The molecule has 0 saturated carbocycles. The van der Waals surface area contributed by atoms with Crippen molar-refractivity contribution in [2.24, 2.45) is 0 Å². The minimum atomic E-state index is -1.09. The smallest absolute Gasteiger partial charge is 0.179 e. The monoisotopic (exact) mass is 418 g/mol. The van der Waals surface area contributed by atoms with Crippen LogP contribution in [-0.2, 0) is 20.7 Å². The molecule has 0 atom stereocenters. The first-order chi connectivity index (χ1) is 13.5. The summed E-state index contributed by atoms with van der Waals surface area (Å²) in [6.45, 7) is 8.68. The van der Waals surface area contributed by atoms with Crippen molar-refractivity contribution in [3.05, 3.63) is 58.4 Å². The van der Waals surface area contributed by atoms with E-state index >= 15 is 0 Å². The molecule has 4 nitrogen and oxygen atoms in total. The second kappa shape index (κ2) is 7.54. The number of halogens is 2. The van der Waals surface area contributed by atoms with E-state index in [1.54, 1.807) is 45.9 Å². The van der Waals surface area contributed by atoms with E-state index in [0.29, 0.717) is 17.7 Å². The van der Waals surface area contributed by atoms with Crippen LogP contribution in [0, 0.1) is 5.82 Å². The van der Waals surface area contributed by atoms with Crippen LogP contribution in [0.5, 0.6) is 11.5 Å². The van der Waals surface area contributed by atoms with Gasteiger partial charge in [-0.15, -0.1) is 0 Å². The van der Waals surface area contributed by atoms with Gasteiger partial charge in [0.05, 0.1) is 5.02 Å². The molecule has 0 N–H and O–H groups in total. The first-order valence-electron chi connectivity index (χ1n) is 9.51. The third-order valence-corrected chi connectivity index (χ3v) is 5.46. The molecule has 0 unspecified atom stereocenters. The molecule has 2 aromatic carbocycles. The summed E-state index contributed by atoms with van der Waals surface area (Å²) < 4.78 is 25.3. The fourth-order valence-corrected chi connectivity index (χ4v) is 3.86. The summed E-state index contributed by atoms with van der Waals surface area (Å²) in [5, 5.41) is 0.00207. The highest BCUT2D eigenvalue weighted by Crippen LogP contribution is 2.41. The van der Waals surface area contributed by atoms with Crippen molar-refractivity contribution in [3.8, 4) is 11.5 Å². The summed E-state index contributed by atoms with van der Waals surface area (Å²) in [7, 11) is 0. The fraction of sp³-hybridized carbons (Fsp3) is 0.391. The standard InChI is InChI=1S/C23H24ClFO4/c1-6-13-7-8-14(28-15-9-10-17(24)18(25)12-15)11-16(13)19-20(26)22(2,3)29-23(4,5)21(19)27/h7-12,19H,6H2,1-5H3. The van der Waals surface area contributed by atoms with Gasteiger partial charge in [-0.25, -0.2) is 4.39 Å². The zero-order valence-electron chi connectivity index (χ0n) is 17.1. The van der Waals surface area contributed by atoms with Gasteiger partial charge in [0.2, 0.25) is 0 Å². The zero-order chi connectivity index (χ0) is 21.6. The molecule has 0 bridgehead atoms. The first-order valence-corrected chi connectivity index (χ1v) is 9.88. The maximum absolute atomic E-state index is 13.7. The largest absolute Gasteiger partial charge is 0.457 e. The van der Waals surface area contributed by atoms with Gasteiger partial charge < -0.3 is 9.47 Å². The van der Waals surface area contributed by atoms with E-state index < -0.39 is 22.9 Å². The van der Waals surface area contributed by atoms with Gasteiger partial charge in [-0.3, -0.25) is 9.59 Å². The van der Waals surface area contributed by atoms with Crippen LogP contribution in [0.2, 0.25) is 5.02 Å². The zero-order valence-corrected chi connectivity index (χ0v) is 17.9. The molecule has 1 saturated heterocycles. The summed E-state index contributed by atoms with van der Waals surface area (Å²) >= 11 is 5.72. The van der Waals surface area contributed by atoms with Crippen molar-refractivity contribution in [3.63, 3.8) is 0 Å². The Morgan fingerprint density at radius 3 is 2.10 bits per heavy atom. The molecule has 3 rings (SSSR count). The molecule has 29 heavy (non-hydrogen) atoms. The first kappa shape index (κ1) is 21.5. The number of carbonyl (C=O) groups is 2. The highest BCUT2D eigenvalue weighted by atomic mass is 35.5. The second-order valence-electron chi connectivity index (χ2n) is 8.18. The number of carbonyl (C=O) groups excluding carboxylic acids is 2. The van der Waals surface area contributed by atoms with E-state index in [4.69, 9.17) is 21.1 Å². The number of ether oxygens (including phenoxy) is 2. The average molecular weight is 419 g/mol. The Hall–Kier alpha value is -2.24. The van der Waals surface area contributed by atoms with Gasteiger partial charge in [-0.2, -0.15) is 0 Å². The molecule has 1 aliphatic rings. The van der Waals surface area contributed by atoms with Crippen LogP contribution < -0.4 is 4.74 Å². The average Bonchev–Trinajstić information content (AvgIpc) is 2.63. The van der Waals surface area contributed by atoms with Crippen LogP contribution >= 0.6 is 11.6 Å². The highest BCUT2D eigenvalue weighted by Gasteiger charge is 2.53. The van der Waals surface area contributed by atoms with E-state index in [2.05, 4.69) is 0 Å². The Kier molecular flexibility index (Phi) is 5.58. The van der Waals surface area contributed by atoms with Crippen molar-refractivity contribution in [1.29, 1.82) is 0 Å². The van der Waals surface area contributed by atoms with Gasteiger partial charge in [0.25, 0.3) is 0 Å². The third-order valence-electron chi connectivity index (χ3n) is 5.16. The van der Waals surface area contributed by atoms with E-state index in [9.17, 15) is 14.0 Å². The van der Waals surface area contributed by atoms with Crippen LogP contribution in [-0.4, -0.2) is 22.8 Å². The van der Waals surface area contributed by atoms with Gasteiger partial charge in [0, 0.05) is 6.07 Å². The van der Waals surface area contributed by atoms with Crippen LogP contribution in [0.1, 0.15) is 51.7 Å². The number of hydrogen-bond acceptors (Lipinski definition) is 4. The quantitative estimate of drug-likeness (QED) is 0.602. The molecule has 1 fully saturated rings. The van der Waals surface area contributed by atoms with Gasteiger partial charge in [-0.1, -0.05) is 24.6 Å². The molecule has 0 spiro atoms. The van der Waals surface area contributed by atoms with Crippen LogP contribution in [0.15, 0.2) is 36.4 Å². The van der Waals surface area contributed by atoms with Crippen molar-refractivity contribution in [2.45, 2.75) is 58.2 Å². The third kappa shape index (κ3) is 4.07. The molecule has 154 valence electrons. The van der Waals surface area contributed by atoms with E-state index in [1.165, 1.54) is 12.1 Å². The summed E-state index contributed by atoms with van der Waals surface area (Å²) in [6, 6.07) is 9.39. The normalized spacial score (nSPS) is 18.7. The minimum absolute atomic E-state index is 0.00207. The lowest BCUT2D eigenvalue weighted by molar-refractivity contribution is -0.184. The lowest BCUT2D eigenvalue weighted by Gasteiger charge is -2.43. The predicted molar refractivity (Wildman–Crippen MR) is 109 cm³/mol. The topological polar surface area (TPSA) is 52.6 Å². The minimum Gasteiger partial charge on any atom is -0.457 e. The maximum atomic E-state index is 13.7. The van der Waals surface area contributed by atoms with Crippen molar-refractivity contribution < 1.29 is 23.5 Å². The summed E-state index contributed by atoms with van der Waals surface area (Å²) in [4.78, 5) is 26.2. The van der Waals surface area contributed by atoms with Crippen LogP contribution in [0.4, 0.5) is 4.39 Å². The van der Waals surface area contributed by atoms with E-state index in [0.717, 1.165) is 5.56 Å². The second-order valence-corrected chi connectivity index (χ2v) is 8.58. The summed E-state index contributed by atoms with van der Waals surface area (Å²) in [6.07, 6.45) is 0.643. The number of rotatable bonds is 4. The number of Topliss-reactive ketones (excluding diaryl/α,β-unsaturated/α-hetero) is 2. The van der Waals surface area contributed by atoms with Crippen molar-refractivity contribution in [2.75, 3.05) is 0 Å². The molecule has 6 heteroatoms. The molecule has 1 heterocycles. The van der Waals surface area contributed by atoms with Gasteiger partial charge in [0.15, 0.2) is 11.6 Å². The Morgan fingerprint density at radius 1 is 1.00 bits per heavy atom. The molecule has 0 aliphatic carbocycles. The molecule has 1 aliphatic heterocycles. The molecular weight excluding hydrogens is 395 g/mol. The molecule has 0 aromatic heterocycles. The Morgan fingerprint density at radius 2 is 1.55 bits per heavy atom. The van der Waals surface area contributed by atoms with Gasteiger partial charge in [0.1, 0.15) is 34.4 Å². The lowest BCUT2D eigenvalue weighted by Crippen LogP contribution is -2.58. The fourth-order valence-electron chi connectivity index (χ4n) is 3.74. The lowest BCUT2D eigenvalue weighted by atomic mass is 9.73. The summed E-state index contributed by atoms with van der Waals surface area (Å²) in [5.41, 5.74) is -0.717. The number of aryl methyl sites for hydroxylation is 1. The Labute approximate surface area is 175 Å². The van der Waals surface area contributed by atoms with Crippen molar-refractivity contribution in [1.82, 2.24) is 0 Å². The SMILES string of the molecule is CCc1ccc(Oc2ccc(Cl)c(F)c2)cc1C1C(=O)C(C)(C)OC(C)(C)C1=O. The van der Waals surface area contributed by atoms with Crippen LogP contribution in [0.25, 0.3) is 0 Å². The van der Waals surface area contributed by atoms with E-state index in [-0.39, 0.29) is 22.3 Å². The molecular formula is C23H24ClFO4. The molecule has 2 aromatic rings. The van der Waals surface area contributed by atoms with Gasteiger partial charge >= 0.3 is 0 Å². The van der Waals surface area contributed by atoms with E-state index in [1.807, 2.05) is 13.0 Å². The molecule has 0 amide bonds. The number of hydrogen-bond donors (Lipinski definition) is 0. The summed E-state index contributed by atoms with van der Waals surface area (Å²) in [5.74, 6) is -1.44. The number of benzene rings is 2. The maximum Gasteiger partial charge on any atom is 0.179 e. The van der Waals surface area contributed by atoms with Gasteiger partial charge in [-0.05, 0) is 69.5 Å². The molecule has 0 radical (unpaired) electrons. The number of ketones is 2. The Balaban J connectivity index is 2.05. The van der Waals surface area contributed by atoms with Crippen LogP contribution in [0.3, 0.4) is 0 Å². The Bertz CT molecular complexity index is 955.